The lowest BCUT2D eigenvalue weighted by Crippen LogP contribution is -2.52. The number of aliphatic imine (C=N–C) groups is 1. The van der Waals surface area contributed by atoms with Gasteiger partial charge in [0.1, 0.15) is 5.82 Å². The van der Waals surface area contributed by atoms with Crippen molar-refractivity contribution < 1.29 is 4.79 Å². The van der Waals surface area contributed by atoms with Crippen LogP contribution in [0.5, 0.6) is 0 Å². The summed E-state index contributed by atoms with van der Waals surface area (Å²) < 4.78 is 4.39. The summed E-state index contributed by atoms with van der Waals surface area (Å²) in [6.07, 6.45) is 1.25. The summed E-state index contributed by atoms with van der Waals surface area (Å²) in [5, 5.41) is 7.31. The maximum atomic E-state index is 12.1. The van der Waals surface area contributed by atoms with E-state index in [1.54, 1.807) is 0 Å². The number of halogens is 1. The molecule has 0 unspecified atom stereocenters. The van der Waals surface area contributed by atoms with E-state index >= 15 is 0 Å². The van der Waals surface area contributed by atoms with Crippen molar-refractivity contribution in [2.24, 2.45) is 4.99 Å². The number of hydrogen-bond donors (Lipinski definition) is 2. The van der Waals surface area contributed by atoms with Gasteiger partial charge in [0.15, 0.2) is 5.96 Å². The zero-order chi connectivity index (χ0) is 21.2. The molecule has 0 bridgehead atoms. The van der Waals surface area contributed by atoms with Crippen LogP contribution in [0.2, 0.25) is 0 Å². The van der Waals surface area contributed by atoms with E-state index in [2.05, 4.69) is 48.6 Å². The predicted molar refractivity (Wildman–Crippen MR) is 137 cm³/mol. The summed E-state index contributed by atoms with van der Waals surface area (Å²) in [4.78, 5) is 25.9. The van der Waals surface area contributed by atoms with Gasteiger partial charge in [-0.15, -0.1) is 24.0 Å². The number of aromatic nitrogens is 2. The Balaban J connectivity index is 0.00000341. The average Bonchev–Trinajstić information content (AvgIpc) is 3.27. The summed E-state index contributed by atoms with van der Waals surface area (Å²) in [7, 11) is 0. The van der Waals surface area contributed by atoms with Crippen LogP contribution >= 0.6 is 35.5 Å². The number of nitrogens with one attached hydrogen (secondary N) is 2. The molecule has 3 rings (SSSR count). The molecule has 1 aromatic carbocycles. The largest absolute Gasteiger partial charge is 0.357 e. The molecule has 0 saturated carbocycles. The minimum Gasteiger partial charge on any atom is -0.357 e. The topological polar surface area (TPSA) is 85.8 Å². The quantitative estimate of drug-likeness (QED) is 0.295. The van der Waals surface area contributed by atoms with Crippen LogP contribution in [-0.2, 0) is 17.8 Å². The number of rotatable bonds is 8. The third-order valence-electron chi connectivity index (χ3n) is 4.89. The van der Waals surface area contributed by atoms with Crippen molar-refractivity contribution in [1.82, 2.24) is 24.9 Å². The second-order valence-corrected chi connectivity index (χ2v) is 7.80. The standard InChI is InChI=1S/C21H31N7OS.HI/c1-3-18-25-21(30-26-18)28-14-12-27(13-15-28)20(22-4-2)23-11-10-19(29)24-16-17-8-6-5-7-9-17;/h5-9H,3-4,10-16H2,1-2H3,(H,22,23)(H,24,29);1H. The lowest BCUT2D eigenvalue weighted by Gasteiger charge is -2.36. The van der Waals surface area contributed by atoms with Gasteiger partial charge in [0.25, 0.3) is 0 Å². The molecule has 0 spiro atoms. The van der Waals surface area contributed by atoms with E-state index in [1.165, 1.54) is 11.5 Å². The summed E-state index contributed by atoms with van der Waals surface area (Å²) in [5.74, 6) is 1.81. The van der Waals surface area contributed by atoms with Gasteiger partial charge in [-0.05, 0) is 12.5 Å². The molecule has 2 heterocycles. The number of nitrogens with zero attached hydrogens (tertiary/aromatic N) is 5. The first-order valence-corrected chi connectivity index (χ1v) is 11.4. The monoisotopic (exact) mass is 557 g/mol. The van der Waals surface area contributed by atoms with Crippen LogP contribution in [-0.4, -0.2) is 65.4 Å². The van der Waals surface area contributed by atoms with Crippen molar-refractivity contribution in [1.29, 1.82) is 0 Å². The SMILES string of the molecule is CCNC(=NCCC(=O)NCc1ccccc1)N1CCN(c2nc(CC)ns2)CC1.I. The zero-order valence-electron chi connectivity index (χ0n) is 18.2. The van der Waals surface area contributed by atoms with Crippen LogP contribution in [0.15, 0.2) is 35.3 Å². The summed E-state index contributed by atoms with van der Waals surface area (Å²) in [6, 6.07) is 9.93. The number of benzene rings is 1. The number of carbonyl (C=O) groups excluding carboxylic acids is 1. The van der Waals surface area contributed by atoms with Gasteiger partial charge in [-0.2, -0.15) is 4.37 Å². The first kappa shape index (κ1) is 25.3. The fourth-order valence-electron chi connectivity index (χ4n) is 3.20. The van der Waals surface area contributed by atoms with E-state index in [1.807, 2.05) is 30.3 Å². The third-order valence-corrected chi connectivity index (χ3v) is 5.71. The van der Waals surface area contributed by atoms with Gasteiger partial charge in [0.05, 0.1) is 6.54 Å². The van der Waals surface area contributed by atoms with Gasteiger partial charge in [-0.1, -0.05) is 37.3 Å². The molecule has 1 fully saturated rings. The van der Waals surface area contributed by atoms with E-state index in [9.17, 15) is 4.79 Å². The number of carbonyl (C=O) groups is 1. The average molecular weight is 558 g/mol. The van der Waals surface area contributed by atoms with E-state index in [0.29, 0.717) is 19.5 Å². The van der Waals surface area contributed by atoms with Crippen molar-refractivity contribution in [2.75, 3.05) is 44.2 Å². The minimum absolute atomic E-state index is 0. The van der Waals surface area contributed by atoms with Gasteiger partial charge in [0, 0.05) is 63.6 Å². The highest BCUT2D eigenvalue weighted by Gasteiger charge is 2.22. The highest BCUT2D eigenvalue weighted by atomic mass is 127. The van der Waals surface area contributed by atoms with Crippen LogP contribution < -0.4 is 15.5 Å². The summed E-state index contributed by atoms with van der Waals surface area (Å²) in [6.45, 7) is 9.48. The van der Waals surface area contributed by atoms with Gasteiger partial charge in [0.2, 0.25) is 11.0 Å². The number of hydrogen-bond acceptors (Lipinski definition) is 6. The third kappa shape index (κ3) is 7.91. The normalized spacial score (nSPS) is 14.2. The van der Waals surface area contributed by atoms with Crippen LogP contribution in [0.25, 0.3) is 0 Å². The number of guanidine groups is 1. The lowest BCUT2D eigenvalue weighted by molar-refractivity contribution is -0.121. The van der Waals surface area contributed by atoms with Gasteiger partial charge < -0.3 is 20.4 Å². The van der Waals surface area contributed by atoms with Crippen molar-refractivity contribution in [3.63, 3.8) is 0 Å². The maximum absolute atomic E-state index is 12.1. The highest BCUT2D eigenvalue weighted by molar-refractivity contribution is 14.0. The van der Waals surface area contributed by atoms with E-state index in [4.69, 9.17) is 0 Å². The molecule has 0 radical (unpaired) electrons. The highest BCUT2D eigenvalue weighted by Crippen LogP contribution is 2.19. The molecule has 1 aliphatic heterocycles. The second kappa shape index (κ2) is 13.5. The molecule has 0 aliphatic carbocycles. The molecule has 8 nitrogen and oxygen atoms in total. The predicted octanol–water partition coefficient (Wildman–Crippen LogP) is 2.51. The smallest absolute Gasteiger partial charge is 0.222 e. The van der Waals surface area contributed by atoms with Crippen molar-refractivity contribution in [3.05, 3.63) is 41.7 Å². The first-order valence-electron chi connectivity index (χ1n) is 10.6. The van der Waals surface area contributed by atoms with Crippen LogP contribution in [0, 0.1) is 0 Å². The molecule has 31 heavy (non-hydrogen) atoms. The second-order valence-electron chi connectivity index (χ2n) is 7.07. The Morgan fingerprint density at radius 2 is 1.87 bits per heavy atom. The Morgan fingerprint density at radius 1 is 1.13 bits per heavy atom. The van der Waals surface area contributed by atoms with Crippen molar-refractivity contribution >= 4 is 52.5 Å². The molecule has 2 N–H and O–H groups in total. The molecule has 0 atom stereocenters. The number of aryl methyl sites for hydroxylation is 1. The molecule has 1 aromatic heterocycles. The lowest BCUT2D eigenvalue weighted by atomic mass is 10.2. The fraction of sp³-hybridized carbons (Fsp3) is 0.524. The molecule has 1 aliphatic rings. The molecule has 2 aromatic rings. The minimum atomic E-state index is 0. The Morgan fingerprint density at radius 3 is 2.52 bits per heavy atom. The van der Waals surface area contributed by atoms with E-state index in [0.717, 1.165) is 61.6 Å². The first-order chi connectivity index (χ1) is 14.7. The van der Waals surface area contributed by atoms with Gasteiger partial charge in [-0.3, -0.25) is 9.79 Å². The van der Waals surface area contributed by atoms with Crippen LogP contribution in [0.1, 0.15) is 31.7 Å². The summed E-state index contributed by atoms with van der Waals surface area (Å²) >= 11 is 1.48. The molecular weight excluding hydrogens is 525 g/mol. The number of amides is 1. The zero-order valence-corrected chi connectivity index (χ0v) is 21.4. The Kier molecular flexibility index (Phi) is 11.0. The molecule has 1 amide bonds. The van der Waals surface area contributed by atoms with Crippen molar-refractivity contribution in [3.8, 4) is 0 Å². The molecular formula is C21H32IN7OS. The maximum Gasteiger partial charge on any atom is 0.222 e. The molecule has 1 saturated heterocycles. The van der Waals surface area contributed by atoms with E-state index in [-0.39, 0.29) is 29.9 Å². The Hall–Kier alpha value is -1.95. The number of piperazine rings is 1. The molecule has 170 valence electrons. The van der Waals surface area contributed by atoms with E-state index < -0.39 is 0 Å². The number of anilines is 1. The Bertz CT molecular complexity index is 822. The van der Waals surface area contributed by atoms with Gasteiger partial charge >= 0.3 is 0 Å². The van der Waals surface area contributed by atoms with Crippen LogP contribution in [0.3, 0.4) is 0 Å². The van der Waals surface area contributed by atoms with Crippen LogP contribution in [0.4, 0.5) is 5.13 Å². The fourth-order valence-corrected chi connectivity index (χ4v) is 4.00. The summed E-state index contributed by atoms with van der Waals surface area (Å²) in [5.41, 5.74) is 1.10. The Labute approximate surface area is 205 Å². The van der Waals surface area contributed by atoms with Crippen molar-refractivity contribution in [2.45, 2.75) is 33.2 Å². The van der Waals surface area contributed by atoms with Gasteiger partial charge in [-0.25, -0.2) is 4.98 Å². The molecule has 10 heteroatoms.